The van der Waals surface area contributed by atoms with Gasteiger partial charge < -0.3 is 14.6 Å². The third kappa shape index (κ3) is 4.66. The van der Waals surface area contributed by atoms with E-state index in [1.165, 1.54) is 16.6 Å². The molecule has 1 aliphatic carbocycles. The van der Waals surface area contributed by atoms with Gasteiger partial charge >= 0.3 is 0 Å². The van der Waals surface area contributed by atoms with E-state index in [-0.39, 0.29) is 11.7 Å². The highest BCUT2D eigenvalue weighted by Gasteiger charge is 2.26. The fourth-order valence-electron chi connectivity index (χ4n) is 4.49. The van der Waals surface area contributed by atoms with E-state index in [0.29, 0.717) is 28.2 Å². The summed E-state index contributed by atoms with van der Waals surface area (Å²) in [6, 6.07) is 6.11. The zero-order valence-electron chi connectivity index (χ0n) is 18.5. The summed E-state index contributed by atoms with van der Waals surface area (Å²) in [5.41, 5.74) is 1.76. The highest BCUT2D eigenvalue weighted by molar-refractivity contribution is 7.99. The topological polar surface area (TPSA) is 100.0 Å². The van der Waals surface area contributed by atoms with E-state index in [4.69, 9.17) is 4.42 Å². The van der Waals surface area contributed by atoms with Crippen LogP contribution in [0.25, 0.3) is 0 Å². The minimum Gasteiger partial charge on any atom is -0.467 e. The van der Waals surface area contributed by atoms with Crippen molar-refractivity contribution in [3.63, 3.8) is 0 Å². The second-order valence-corrected chi connectivity index (χ2v) is 10.7. The second kappa shape index (κ2) is 9.61. The third-order valence-electron chi connectivity index (χ3n) is 6.19. The lowest BCUT2D eigenvalue weighted by molar-refractivity contribution is -0.113. The molecular weight excluding hydrogens is 456 g/mol. The summed E-state index contributed by atoms with van der Waals surface area (Å²) in [5.74, 6) is 2.31. The molecule has 10 heteroatoms. The molecular formula is C23H26N6O2S2. The molecule has 4 heterocycles. The summed E-state index contributed by atoms with van der Waals surface area (Å²) in [5, 5.41) is 22.8. The van der Waals surface area contributed by atoms with Crippen molar-refractivity contribution >= 4 is 40.0 Å². The number of nitriles is 1. The van der Waals surface area contributed by atoms with Crippen LogP contribution in [0.2, 0.25) is 0 Å². The van der Waals surface area contributed by atoms with Gasteiger partial charge in [0.15, 0.2) is 5.16 Å². The van der Waals surface area contributed by atoms with Gasteiger partial charge in [0.1, 0.15) is 16.8 Å². The molecule has 1 atom stereocenters. The Balaban J connectivity index is 1.29. The lowest BCUT2D eigenvalue weighted by Gasteiger charge is -2.17. The average molecular weight is 483 g/mol. The van der Waals surface area contributed by atoms with Crippen LogP contribution in [0.1, 0.15) is 48.0 Å². The molecule has 0 aromatic carbocycles. The van der Waals surface area contributed by atoms with Crippen molar-refractivity contribution in [2.75, 3.05) is 29.1 Å². The van der Waals surface area contributed by atoms with E-state index in [2.05, 4.69) is 33.4 Å². The normalized spacial score (nSPS) is 17.7. The lowest BCUT2D eigenvalue weighted by Crippen LogP contribution is -2.22. The van der Waals surface area contributed by atoms with E-state index < -0.39 is 0 Å². The van der Waals surface area contributed by atoms with Gasteiger partial charge in [0, 0.05) is 18.0 Å². The summed E-state index contributed by atoms with van der Waals surface area (Å²) in [6.07, 6.45) is 6.92. The van der Waals surface area contributed by atoms with E-state index in [0.717, 1.165) is 62.5 Å². The maximum Gasteiger partial charge on any atom is 0.235 e. The van der Waals surface area contributed by atoms with Crippen molar-refractivity contribution in [2.24, 2.45) is 5.92 Å². The van der Waals surface area contributed by atoms with Crippen LogP contribution in [-0.4, -0.2) is 39.5 Å². The minimum atomic E-state index is -0.140. The number of thiophene rings is 1. The Morgan fingerprint density at radius 2 is 2.24 bits per heavy atom. The molecule has 0 saturated carbocycles. The SMILES string of the molecule is C[C@@H]1CCc2c(sc(NC(=O)CSc3nnc(N4CCCC4)n3Cc3ccco3)c2C#N)C1. The number of aromatic nitrogens is 3. The number of nitrogens with one attached hydrogen (secondary N) is 1. The highest BCUT2D eigenvalue weighted by atomic mass is 32.2. The Bertz CT molecular complexity index is 1170. The molecule has 3 aromatic heterocycles. The smallest absolute Gasteiger partial charge is 0.235 e. The summed E-state index contributed by atoms with van der Waals surface area (Å²) >= 11 is 2.91. The fourth-order valence-corrected chi connectivity index (χ4v) is 6.60. The summed E-state index contributed by atoms with van der Waals surface area (Å²) in [4.78, 5) is 16.3. The van der Waals surface area contributed by atoms with Gasteiger partial charge in [-0.1, -0.05) is 18.7 Å². The van der Waals surface area contributed by atoms with Gasteiger partial charge in [-0.15, -0.1) is 21.5 Å². The molecule has 2 aliphatic rings. The number of rotatable bonds is 7. The van der Waals surface area contributed by atoms with Gasteiger partial charge in [0.05, 0.1) is 24.1 Å². The Morgan fingerprint density at radius 1 is 1.39 bits per heavy atom. The van der Waals surface area contributed by atoms with Gasteiger partial charge in [-0.05, 0) is 55.7 Å². The van der Waals surface area contributed by atoms with Crippen molar-refractivity contribution < 1.29 is 9.21 Å². The van der Waals surface area contributed by atoms with Gasteiger partial charge in [-0.25, -0.2) is 0 Å². The highest BCUT2D eigenvalue weighted by Crippen LogP contribution is 2.39. The molecule has 8 nitrogen and oxygen atoms in total. The van der Waals surface area contributed by atoms with Gasteiger partial charge in [-0.2, -0.15) is 5.26 Å². The molecule has 3 aromatic rings. The molecule has 5 rings (SSSR count). The molecule has 1 aliphatic heterocycles. The van der Waals surface area contributed by atoms with Crippen LogP contribution in [0.4, 0.5) is 10.9 Å². The number of thioether (sulfide) groups is 1. The number of amides is 1. The molecule has 1 amide bonds. The van der Waals surface area contributed by atoms with Crippen molar-refractivity contribution in [1.82, 2.24) is 14.8 Å². The van der Waals surface area contributed by atoms with E-state index in [9.17, 15) is 10.1 Å². The van der Waals surface area contributed by atoms with Crippen molar-refractivity contribution in [3.05, 3.63) is 40.2 Å². The summed E-state index contributed by atoms with van der Waals surface area (Å²) in [6.45, 7) is 4.67. The number of carbonyl (C=O) groups is 1. The maximum absolute atomic E-state index is 12.8. The molecule has 0 unspecified atom stereocenters. The molecule has 0 bridgehead atoms. The van der Waals surface area contributed by atoms with Gasteiger partial charge in [0.25, 0.3) is 0 Å². The van der Waals surface area contributed by atoms with E-state index in [1.807, 2.05) is 16.7 Å². The monoisotopic (exact) mass is 482 g/mol. The van der Waals surface area contributed by atoms with Crippen LogP contribution in [-0.2, 0) is 24.2 Å². The van der Waals surface area contributed by atoms with Gasteiger partial charge in [0.2, 0.25) is 11.9 Å². The molecule has 0 radical (unpaired) electrons. The first-order valence-electron chi connectivity index (χ1n) is 11.3. The van der Waals surface area contributed by atoms with Crippen LogP contribution >= 0.6 is 23.1 Å². The van der Waals surface area contributed by atoms with Crippen molar-refractivity contribution in [2.45, 2.75) is 50.7 Å². The predicted octanol–water partition coefficient (Wildman–Crippen LogP) is 4.31. The Hall–Kier alpha value is -2.77. The standard InChI is InChI=1S/C23H26N6O2S2/c1-15-6-7-17-18(12-24)21(33-19(17)11-15)25-20(30)14-32-23-27-26-22(28-8-2-3-9-28)29(23)13-16-5-4-10-31-16/h4-5,10,15H,2-3,6-9,11,13-14H2,1H3,(H,25,30)/t15-/m1/s1. The van der Waals surface area contributed by atoms with Crippen LogP contribution < -0.4 is 10.2 Å². The maximum atomic E-state index is 12.8. The summed E-state index contributed by atoms with van der Waals surface area (Å²) < 4.78 is 7.57. The first-order chi connectivity index (χ1) is 16.1. The third-order valence-corrected chi connectivity index (χ3v) is 8.33. The van der Waals surface area contributed by atoms with Gasteiger partial charge in [-0.3, -0.25) is 9.36 Å². The Kier molecular flexibility index (Phi) is 6.42. The summed E-state index contributed by atoms with van der Waals surface area (Å²) in [7, 11) is 0. The fraction of sp³-hybridized carbons (Fsp3) is 0.478. The van der Waals surface area contributed by atoms with Crippen LogP contribution in [0.3, 0.4) is 0 Å². The minimum absolute atomic E-state index is 0.140. The Labute approximate surface area is 201 Å². The molecule has 1 N–H and O–H groups in total. The first-order valence-corrected chi connectivity index (χ1v) is 13.1. The van der Waals surface area contributed by atoms with Crippen LogP contribution in [0.5, 0.6) is 0 Å². The molecule has 1 fully saturated rings. The largest absolute Gasteiger partial charge is 0.467 e. The number of hydrogen-bond donors (Lipinski definition) is 1. The quantitative estimate of drug-likeness (QED) is 0.501. The van der Waals surface area contributed by atoms with E-state index in [1.54, 1.807) is 17.6 Å². The number of furan rings is 1. The number of carbonyl (C=O) groups excluding carboxylic acids is 1. The number of fused-ring (bicyclic) bond motifs is 1. The average Bonchev–Trinajstić information content (AvgIpc) is 3.59. The second-order valence-electron chi connectivity index (χ2n) is 8.65. The zero-order valence-corrected chi connectivity index (χ0v) is 20.2. The predicted molar refractivity (Wildman–Crippen MR) is 129 cm³/mol. The first kappa shape index (κ1) is 22.0. The van der Waals surface area contributed by atoms with Crippen molar-refractivity contribution in [3.8, 4) is 6.07 Å². The number of anilines is 2. The molecule has 172 valence electrons. The van der Waals surface area contributed by atoms with Crippen molar-refractivity contribution in [1.29, 1.82) is 5.26 Å². The molecule has 33 heavy (non-hydrogen) atoms. The van der Waals surface area contributed by atoms with Crippen LogP contribution in [0.15, 0.2) is 28.0 Å². The number of hydrogen-bond acceptors (Lipinski definition) is 8. The van der Waals surface area contributed by atoms with E-state index >= 15 is 0 Å². The molecule has 1 saturated heterocycles. The lowest BCUT2D eigenvalue weighted by atomic mass is 9.89. The Morgan fingerprint density at radius 3 is 3.00 bits per heavy atom. The molecule has 0 spiro atoms. The van der Waals surface area contributed by atoms with Crippen LogP contribution in [0, 0.1) is 17.2 Å². The zero-order chi connectivity index (χ0) is 22.8. The number of nitrogens with zero attached hydrogens (tertiary/aromatic N) is 5.